The van der Waals surface area contributed by atoms with Gasteiger partial charge >= 0.3 is 0 Å². The fraction of sp³-hybridized carbons (Fsp3) is 0.385. The molecule has 1 aromatic heterocycles. The zero-order valence-electron chi connectivity index (χ0n) is 10.6. The first-order valence-corrected chi connectivity index (χ1v) is 5.59. The molecule has 0 unspecified atom stereocenters. The van der Waals surface area contributed by atoms with E-state index in [1.54, 1.807) is 13.0 Å². The van der Waals surface area contributed by atoms with E-state index >= 15 is 0 Å². The van der Waals surface area contributed by atoms with Crippen LogP contribution in [0.3, 0.4) is 0 Å². The second-order valence-electron chi connectivity index (χ2n) is 5.32. The average Bonchev–Trinajstić information content (AvgIpc) is 2.24. The van der Waals surface area contributed by atoms with Crippen molar-refractivity contribution in [1.29, 1.82) is 0 Å². The lowest BCUT2D eigenvalue weighted by atomic mass is 9.86. The molecular formula is C13H15BN2O. The predicted molar refractivity (Wildman–Crippen MR) is 70.6 cm³/mol. The van der Waals surface area contributed by atoms with Crippen LogP contribution in [-0.2, 0) is 5.41 Å². The van der Waals surface area contributed by atoms with E-state index in [4.69, 9.17) is 7.98 Å². The van der Waals surface area contributed by atoms with Gasteiger partial charge in [-0.05, 0) is 30.0 Å². The molecule has 0 fully saturated rings. The van der Waals surface area contributed by atoms with Gasteiger partial charge in [0.1, 0.15) is 0 Å². The third-order valence-electron chi connectivity index (χ3n) is 2.94. The molecule has 0 saturated carbocycles. The standard InChI is InChI=1S/C13H15BN2O/c1-8-15-11-7-9(13(2,3)4)5-6-10(11)12(17)16(8)14/h5-7H,1-4H3. The molecule has 3 nitrogen and oxygen atoms in total. The zero-order valence-corrected chi connectivity index (χ0v) is 10.6. The van der Waals surface area contributed by atoms with Crippen LogP contribution in [0.2, 0.25) is 0 Å². The van der Waals surface area contributed by atoms with Crippen molar-refractivity contribution in [3.8, 4) is 0 Å². The van der Waals surface area contributed by atoms with Crippen molar-refractivity contribution in [2.24, 2.45) is 0 Å². The van der Waals surface area contributed by atoms with Crippen LogP contribution in [0.4, 0.5) is 0 Å². The van der Waals surface area contributed by atoms with Crippen LogP contribution in [0.15, 0.2) is 23.0 Å². The summed E-state index contributed by atoms with van der Waals surface area (Å²) in [5.41, 5.74) is 1.71. The third kappa shape index (κ3) is 1.99. The SMILES string of the molecule is [B]n1c(C)nc2cc(C(C)(C)C)ccc2c1=O. The molecule has 2 aromatic rings. The minimum atomic E-state index is -0.201. The Hall–Kier alpha value is -1.58. The maximum Gasteiger partial charge on any atom is 0.248 e. The van der Waals surface area contributed by atoms with Crippen molar-refractivity contribution < 1.29 is 0 Å². The van der Waals surface area contributed by atoms with Crippen LogP contribution in [0.5, 0.6) is 0 Å². The maximum atomic E-state index is 11.9. The minimum Gasteiger partial charge on any atom is -0.354 e. The van der Waals surface area contributed by atoms with E-state index in [1.165, 1.54) is 0 Å². The van der Waals surface area contributed by atoms with Crippen molar-refractivity contribution >= 4 is 18.9 Å². The summed E-state index contributed by atoms with van der Waals surface area (Å²) in [6, 6.07) is 5.72. The lowest BCUT2D eigenvalue weighted by molar-refractivity contribution is 0.591. The van der Waals surface area contributed by atoms with E-state index in [0.29, 0.717) is 16.7 Å². The molecule has 0 atom stereocenters. The molecule has 0 amide bonds. The summed E-state index contributed by atoms with van der Waals surface area (Å²) in [4.78, 5) is 16.3. The van der Waals surface area contributed by atoms with Crippen LogP contribution < -0.4 is 5.56 Å². The van der Waals surface area contributed by atoms with E-state index in [2.05, 4.69) is 25.8 Å². The number of fused-ring (bicyclic) bond motifs is 1. The molecule has 0 N–H and O–H groups in total. The number of hydrogen-bond donors (Lipinski definition) is 0. The Morgan fingerprint density at radius 1 is 1.29 bits per heavy atom. The first kappa shape index (κ1) is 11.9. The molecule has 1 heterocycles. The fourth-order valence-corrected chi connectivity index (χ4v) is 1.78. The second kappa shape index (κ2) is 3.72. The van der Waals surface area contributed by atoms with Crippen molar-refractivity contribution in [2.45, 2.75) is 33.1 Å². The first-order valence-electron chi connectivity index (χ1n) is 5.59. The number of aryl methyl sites for hydroxylation is 1. The highest BCUT2D eigenvalue weighted by Gasteiger charge is 2.15. The zero-order chi connectivity index (χ0) is 12.8. The van der Waals surface area contributed by atoms with Gasteiger partial charge in [-0.2, -0.15) is 0 Å². The first-order chi connectivity index (χ1) is 7.80. The van der Waals surface area contributed by atoms with Crippen LogP contribution >= 0.6 is 0 Å². The molecular weight excluding hydrogens is 211 g/mol. The molecule has 17 heavy (non-hydrogen) atoms. The molecule has 0 aliphatic heterocycles. The summed E-state index contributed by atoms with van der Waals surface area (Å²) in [6.07, 6.45) is 0. The molecule has 2 rings (SSSR count). The van der Waals surface area contributed by atoms with Gasteiger partial charge in [0.2, 0.25) is 13.5 Å². The van der Waals surface area contributed by atoms with Crippen molar-refractivity contribution in [1.82, 2.24) is 9.46 Å². The Morgan fingerprint density at radius 3 is 2.53 bits per heavy atom. The Morgan fingerprint density at radius 2 is 1.94 bits per heavy atom. The quantitative estimate of drug-likeness (QED) is 0.643. The third-order valence-corrected chi connectivity index (χ3v) is 2.94. The van der Waals surface area contributed by atoms with Gasteiger partial charge in [-0.25, -0.2) is 4.98 Å². The van der Waals surface area contributed by atoms with Gasteiger partial charge in [-0.3, -0.25) is 4.79 Å². The Labute approximate surface area is 102 Å². The molecule has 0 aliphatic rings. The van der Waals surface area contributed by atoms with Gasteiger partial charge < -0.3 is 4.48 Å². The average molecular weight is 226 g/mol. The molecule has 0 bridgehead atoms. The highest BCUT2D eigenvalue weighted by atomic mass is 16.1. The topological polar surface area (TPSA) is 34.9 Å². The van der Waals surface area contributed by atoms with Gasteiger partial charge in [0.05, 0.1) is 16.7 Å². The molecule has 0 aliphatic carbocycles. The van der Waals surface area contributed by atoms with Crippen LogP contribution in [-0.4, -0.2) is 17.4 Å². The summed E-state index contributed by atoms with van der Waals surface area (Å²) in [6.45, 7) is 8.12. The lowest BCUT2D eigenvalue weighted by Gasteiger charge is -2.19. The van der Waals surface area contributed by atoms with Gasteiger partial charge in [0.15, 0.2) is 0 Å². The van der Waals surface area contributed by atoms with Crippen molar-refractivity contribution in [2.75, 3.05) is 0 Å². The molecule has 2 radical (unpaired) electrons. The predicted octanol–water partition coefficient (Wildman–Crippen LogP) is 1.93. The fourth-order valence-electron chi connectivity index (χ4n) is 1.78. The van der Waals surface area contributed by atoms with E-state index in [9.17, 15) is 4.79 Å². The number of aromatic nitrogens is 2. The molecule has 0 saturated heterocycles. The largest absolute Gasteiger partial charge is 0.354 e. The van der Waals surface area contributed by atoms with Crippen LogP contribution in [0, 0.1) is 6.92 Å². The van der Waals surface area contributed by atoms with Gasteiger partial charge in [-0.15, -0.1) is 0 Å². The molecule has 4 heteroatoms. The van der Waals surface area contributed by atoms with Gasteiger partial charge in [-0.1, -0.05) is 26.8 Å². The van der Waals surface area contributed by atoms with Crippen LogP contribution in [0.25, 0.3) is 10.9 Å². The van der Waals surface area contributed by atoms with Gasteiger partial charge in [0.25, 0.3) is 0 Å². The highest BCUT2D eigenvalue weighted by molar-refractivity contribution is 6.07. The summed E-state index contributed by atoms with van der Waals surface area (Å²) in [5.74, 6) is 0.522. The minimum absolute atomic E-state index is 0.0430. The summed E-state index contributed by atoms with van der Waals surface area (Å²) in [5, 5.41) is 0.561. The number of hydrogen-bond acceptors (Lipinski definition) is 2. The molecule has 1 aromatic carbocycles. The number of nitrogens with zero attached hydrogens (tertiary/aromatic N) is 2. The Bertz CT molecular complexity index is 638. The maximum absolute atomic E-state index is 11.9. The van der Waals surface area contributed by atoms with Gasteiger partial charge in [0, 0.05) is 0 Å². The van der Waals surface area contributed by atoms with E-state index in [1.807, 2.05) is 12.1 Å². The Balaban J connectivity index is 2.81. The van der Waals surface area contributed by atoms with E-state index < -0.39 is 0 Å². The smallest absolute Gasteiger partial charge is 0.248 e. The van der Waals surface area contributed by atoms with Crippen molar-refractivity contribution in [3.05, 3.63) is 39.9 Å². The normalized spacial score (nSPS) is 12.0. The summed E-state index contributed by atoms with van der Waals surface area (Å²) >= 11 is 0. The lowest BCUT2D eigenvalue weighted by Crippen LogP contribution is -2.22. The molecule has 86 valence electrons. The highest BCUT2D eigenvalue weighted by Crippen LogP contribution is 2.24. The summed E-state index contributed by atoms with van der Waals surface area (Å²) in [7, 11) is 5.61. The van der Waals surface area contributed by atoms with Crippen molar-refractivity contribution in [3.63, 3.8) is 0 Å². The summed E-state index contributed by atoms with van der Waals surface area (Å²) < 4.78 is 1.08. The monoisotopic (exact) mass is 226 g/mol. The number of benzene rings is 1. The van der Waals surface area contributed by atoms with Crippen LogP contribution in [0.1, 0.15) is 32.2 Å². The van der Waals surface area contributed by atoms with E-state index in [-0.39, 0.29) is 11.0 Å². The van der Waals surface area contributed by atoms with E-state index in [0.717, 1.165) is 10.0 Å². The number of rotatable bonds is 0. The second-order valence-corrected chi connectivity index (χ2v) is 5.32. The Kier molecular flexibility index (Phi) is 2.61. The molecule has 0 spiro atoms.